The van der Waals surface area contributed by atoms with E-state index in [1.165, 1.54) is 10.8 Å². The van der Waals surface area contributed by atoms with Crippen LogP contribution in [0.3, 0.4) is 0 Å². The van der Waals surface area contributed by atoms with Crippen LogP contribution in [0.4, 0.5) is 5.69 Å². The number of nitrogen functional groups attached to an aromatic ring is 1. The number of nitrogens with two attached hydrogens (primary N) is 1. The number of anilines is 1. The van der Waals surface area contributed by atoms with Gasteiger partial charge in [0.15, 0.2) is 0 Å². The number of benzene rings is 1. The number of H-pyrrole nitrogens is 1. The van der Waals surface area contributed by atoms with E-state index >= 15 is 0 Å². The van der Waals surface area contributed by atoms with E-state index in [-0.39, 0.29) is 5.02 Å². The van der Waals surface area contributed by atoms with Crippen molar-refractivity contribution in [3.8, 4) is 5.75 Å². The van der Waals surface area contributed by atoms with Crippen LogP contribution in [-0.2, 0) is 6.54 Å². The van der Waals surface area contributed by atoms with E-state index in [0.29, 0.717) is 31.0 Å². The maximum absolute atomic E-state index is 11.5. The van der Waals surface area contributed by atoms with Gasteiger partial charge in [-0.25, -0.2) is 4.79 Å². The maximum atomic E-state index is 11.5. The number of halogens is 1. The van der Waals surface area contributed by atoms with Crippen LogP contribution in [0.2, 0.25) is 5.02 Å². The Morgan fingerprint density at radius 1 is 1.25 bits per heavy atom. The van der Waals surface area contributed by atoms with Gasteiger partial charge in [0.05, 0.1) is 6.61 Å². The van der Waals surface area contributed by atoms with E-state index < -0.39 is 11.2 Å². The zero-order valence-corrected chi connectivity index (χ0v) is 11.4. The molecule has 0 aliphatic carbocycles. The second kappa shape index (κ2) is 6.29. The smallest absolute Gasteiger partial charge is 0.328 e. The van der Waals surface area contributed by atoms with Crippen molar-refractivity contribution in [2.24, 2.45) is 0 Å². The number of rotatable bonds is 5. The van der Waals surface area contributed by atoms with Crippen molar-refractivity contribution in [1.29, 1.82) is 0 Å². The zero-order valence-electron chi connectivity index (χ0n) is 10.6. The highest BCUT2D eigenvalue weighted by Crippen LogP contribution is 2.13. The highest BCUT2D eigenvalue weighted by molar-refractivity contribution is 6.30. The van der Waals surface area contributed by atoms with Crippen LogP contribution in [0.5, 0.6) is 5.75 Å². The predicted octanol–water partition coefficient (Wildman–Crippen LogP) is 1.24. The summed E-state index contributed by atoms with van der Waals surface area (Å²) < 4.78 is 6.84. The van der Waals surface area contributed by atoms with Crippen molar-refractivity contribution >= 4 is 17.3 Å². The Bertz CT molecular complexity index is 691. The molecule has 7 heteroatoms. The van der Waals surface area contributed by atoms with Crippen molar-refractivity contribution in [2.45, 2.75) is 13.0 Å². The third-order valence-corrected chi connectivity index (χ3v) is 2.93. The molecule has 1 aromatic carbocycles. The van der Waals surface area contributed by atoms with Crippen molar-refractivity contribution in [1.82, 2.24) is 9.55 Å². The first-order chi connectivity index (χ1) is 9.56. The van der Waals surface area contributed by atoms with Gasteiger partial charge in [0.25, 0.3) is 5.56 Å². The molecule has 0 saturated heterocycles. The Labute approximate surface area is 119 Å². The highest BCUT2D eigenvalue weighted by atomic mass is 35.5. The predicted molar refractivity (Wildman–Crippen MR) is 77.3 cm³/mol. The van der Waals surface area contributed by atoms with Gasteiger partial charge in [-0.05, 0) is 30.7 Å². The van der Waals surface area contributed by atoms with Gasteiger partial charge in [-0.1, -0.05) is 11.6 Å². The molecule has 0 fully saturated rings. The van der Waals surface area contributed by atoms with Gasteiger partial charge in [-0.15, -0.1) is 0 Å². The summed E-state index contributed by atoms with van der Waals surface area (Å²) in [5, 5.41) is -0.0101. The van der Waals surface area contributed by atoms with Gasteiger partial charge >= 0.3 is 5.69 Å². The highest BCUT2D eigenvalue weighted by Gasteiger charge is 2.02. The fourth-order valence-electron chi connectivity index (χ4n) is 1.64. The van der Waals surface area contributed by atoms with Gasteiger partial charge < -0.3 is 10.5 Å². The number of nitrogens with zero attached hydrogens (tertiary/aromatic N) is 1. The maximum Gasteiger partial charge on any atom is 0.328 e. The van der Waals surface area contributed by atoms with Gasteiger partial charge in [-0.3, -0.25) is 14.3 Å². The molecule has 0 spiro atoms. The average molecular weight is 296 g/mol. The average Bonchev–Trinajstić information content (AvgIpc) is 2.42. The molecule has 0 aliphatic rings. The lowest BCUT2D eigenvalue weighted by Crippen LogP contribution is -2.30. The van der Waals surface area contributed by atoms with Gasteiger partial charge in [0, 0.05) is 18.4 Å². The molecule has 0 bridgehead atoms. The summed E-state index contributed by atoms with van der Waals surface area (Å²) in [6.45, 7) is 0.845. The summed E-state index contributed by atoms with van der Waals surface area (Å²) in [5.41, 5.74) is 5.18. The monoisotopic (exact) mass is 295 g/mol. The summed E-state index contributed by atoms with van der Waals surface area (Å²) in [6.07, 6.45) is 1.93. The van der Waals surface area contributed by atoms with E-state index in [0.717, 1.165) is 0 Å². The van der Waals surface area contributed by atoms with Gasteiger partial charge in [0.1, 0.15) is 10.8 Å². The zero-order chi connectivity index (χ0) is 14.5. The lowest BCUT2D eigenvalue weighted by atomic mass is 10.3. The molecule has 0 atom stereocenters. The molecule has 2 rings (SSSR count). The number of aromatic nitrogens is 2. The quantitative estimate of drug-likeness (QED) is 0.641. The Morgan fingerprint density at radius 3 is 2.65 bits per heavy atom. The number of ether oxygens (including phenoxy) is 1. The minimum Gasteiger partial charge on any atom is -0.494 e. The van der Waals surface area contributed by atoms with Crippen LogP contribution in [-0.4, -0.2) is 16.2 Å². The molecule has 1 aromatic heterocycles. The summed E-state index contributed by atoms with van der Waals surface area (Å²) in [7, 11) is 0. The number of nitrogens with one attached hydrogen (secondary N) is 1. The molecule has 0 amide bonds. The second-order valence-electron chi connectivity index (χ2n) is 4.20. The van der Waals surface area contributed by atoms with Crippen LogP contribution in [0.1, 0.15) is 6.42 Å². The molecule has 3 N–H and O–H groups in total. The van der Waals surface area contributed by atoms with E-state index in [1.54, 1.807) is 24.3 Å². The first-order valence-electron chi connectivity index (χ1n) is 6.04. The van der Waals surface area contributed by atoms with E-state index in [9.17, 15) is 9.59 Å². The molecular weight excluding hydrogens is 282 g/mol. The summed E-state index contributed by atoms with van der Waals surface area (Å²) in [5.74, 6) is 0.714. The normalized spacial score (nSPS) is 10.4. The van der Waals surface area contributed by atoms with Gasteiger partial charge in [-0.2, -0.15) is 0 Å². The van der Waals surface area contributed by atoms with Crippen molar-refractivity contribution in [2.75, 3.05) is 12.3 Å². The van der Waals surface area contributed by atoms with Crippen LogP contribution in [0, 0.1) is 0 Å². The number of hydrogen-bond donors (Lipinski definition) is 2. The molecule has 2 aromatic rings. The van der Waals surface area contributed by atoms with Crippen molar-refractivity contribution < 1.29 is 4.74 Å². The standard InChI is InChI=1S/C13H14ClN3O3/c14-11-8-17(13(19)16-12(11)18)6-1-7-20-10-4-2-9(15)3-5-10/h2-5,8H,1,6-7,15H2,(H,16,18,19). The largest absolute Gasteiger partial charge is 0.494 e. The molecule has 0 aliphatic heterocycles. The number of hydrogen-bond acceptors (Lipinski definition) is 4. The molecule has 6 nitrogen and oxygen atoms in total. The van der Waals surface area contributed by atoms with Crippen LogP contribution in [0.25, 0.3) is 0 Å². The van der Waals surface area contributed by atoms with Gasteiger partial charge in [0.2, 0.25) is 0 Å². The van der Waals surface area contributed by atoms with E-state index in [2.05, 4.69) is 4.98 Å². The minimum absolute atomic E-state index is 0.0101. The van der Waals surface area contributed by atoms with E-state index in [1.807, 2.05) is 0 Å². The molecular formula is C13H14ClN3O3. The molecule has 106 valence electrons. The lowest BCUT2D eigenvalue weighted by molar-refractivity contribution is 0.300. The summed E-state index contributed by atoms with van der Waals surface area (Å²) >= 11 is 5.66. The Kier molecular flexibility index (Phi) is 4.47. The topological polar surface area (TPSA) is 90.1 Å². The lowest BCUT2D eigenvalue weighted by Gasteiger charge is -2.08. The summed E-state index contributed by atoms with van der Waals surface area (Å²) in [6, 6.07) is 7.06. The third kappa shape index (κ3) is 3.64. The fraction of sp³-hybridized carbons (Fsp3) is 0.231. The number of aromatic amines is 1. The molecule has 0 unspecified atom stereocenters. The number of aryl methyl sites for hydroxylation is 1. The van der Waals surface area contributed by atoms with Crippen LogP contribution >= 0.6 is 11.6 Å². The molecule has 0 radical (unpaired) electrons. The first-order valence-corrected chi connectivity index (χ1v) is 6.41. The second-order valence-corrected chi connectivity index (χ2v) is 4.61. The Balaban J connectivity index is 1.87. The molecule has 1 heterocycles. The fourth-order valence-corrected chi connectivity index (χ4v) is 1.80. The van der Waals surface area contributed by atoms with E-state index in [4.69, 9.17) is 22.1 Å². The minimum atomic E-state index is -0.578. The van der Waals surface area contributed by atoms with Crippen molar-refractivity contribution in [3.63, 3.8) is 0 Å². The SMILES string of the molecule is Nc1ccc(OCCCn2cc(Cl)c(=O)[nH]c2=O)cc1. The first kappa shape index (κ1) is 14.2. The third-order valence-electron chi connectivity index (χ3n) is 2.66. The Morgan fingerprint density at radius 2 is 1.95 bits per heavy atom. The molecule has 0 saturated carbocycles. The molecule has 20 heavy (non-hydrogen) atoms. The Hall–Kier alpha value is -2.21. The van der Waals surface area contributed by atoms with Crippen LogP contribution < -0.4 is 21.7 Å². The summed E-state index contributed by atoms with van der Waals surface area (Å²) in [4.78, 5) is 24.7. The van der Waals surface area contributed by atoms with Crippen molar-refractivity contribution in [3.05, 3.63) is 56.3 Å². The van der Waals surface area contributed by atoms with Crippen LogP contribution in [0.15, 0.2) is 40.1 Å².